The first-order valence-corrected chi connectivity index (χ1v) is 11.8. The van der Waals surface area contributed by atoms with Gasteiger partial charge in [-0.15, -0.1) is 0 Å². The number of nitrogens with one attached hydrogen (secondary N) is 1. The highest BCUT2D eigenvalue weighted by Gasteiger charge is 2.25. The summed E-state index contributed by atoms with van der Waals surface area (Å²) in [6, 6.07) is 12.3. The number of ether oxygens (including phenoxy) is 2. The molecule has 2 aromatic carbocycles. The maximum Gasteiger partial charge on any atom is 0.404 e. The van der Waals surface area contributed by atoms with Crippen molar-refractivity contribution in [3.63, 3.8) is 0 Å². The molecule has 0 spiro atoms. The average molecular weight is 500 g/mol. The van der Waals surface area contributed by atoms with E-state index in [0.717, 1.165) is 30.5 Å². The van der Waals surface area contributed by atoms with Crippen LogP contribution in [0.4, 0.5) is 14.0 Å². The van der Waals surface area contributed by atoms with Gasteiger partial charge in [0.1, 0.15) is 18.2 Å². The number of nitrogens with two attached hydrogens (primary N) is 1. The molecule has 0 radical (unpaired) electrons. The highest BCUT2D eigenvalue weighted by atomic mass is 19.1. The van der Waals surface area contributed by atoms with Gasteiger partial charge in [-0.2, -0.15) is 0 Å². The quantitative estimate of drug-likeness (QED) is 0.491. The number of fused-ring (bicyclic) bond motifs is 1. The molecule has 0 bridgehead atoms. The van der Waals surface area contributed by atoms with Crippen LogP contribution in [0, 0.1) is 11.7 Å². The number of hydrogen-bond acceptors (Lipinski definition) is 6. The van der Waals surface area contributed by atoms with Crippen LogP contribution in [-0.2, 0) is 11.8 Å². The standard InChI is InChI=1S/C25H30FN5O5/c1-29-21-4-2-3-5-22(21)31(25(29)34)24(33)28-14-17-10-12-30(13-11-17)15-20(36-23(27)32)16-35-19-8-6-18(26)7-9-19/h2-9,17,20H,10-16H2,1H3,(H2,27,32)(H,28,33). The third-order valence-corrected chi connectivity index (χ3v) is 6.41. The van der Waals surface area contributed by atoms with E-state index in [1.807, 2.05) is 6.07 Å². The van der Waals surface area contributed by atoms with Crippen molar-refractivity contribution in [2.75, 3.05) is 32.8 Å². The van der Waals surface area contributed by atoms with Crippen molar-refractivity contribution in [1.29, 1.82) is 0 Å². The number of carbonyl (C=O) groups is 2. The third-order valence-electron chi connectivity index (χ3n) is 6.41. The van der Waals surface area contributed by atoms with E-state index >= 15 is 0 Å². The van der Waals surface area contributed by atoms with Gasteiger partial charge >= 0.3 is 17.8 Å². The van der Waals surface area contributed by atoms with Gasteiger partial charge in [0.05, 0.1) is 11.0 Å². The summed E-state index contributed by atoms with van der Waals surface area (Å²) in [5, 5.41) is 2.90. The molecule has 1 aromatic heterocycles. The molecule has 0 aliphatic carbocycles. The summed E-state index contributed by atoms with van der Waals surface area (Å²) in [6.07, 6.45) is 0.186. The smallest absolute Gasteiger partial charge is 0.404 e. The Kier molecular flexibility index (Phi) is 7.89. The molecule has 1 saturated heterocycles. The van der Waals surface area contributed by atoms with Crippen molar-refractivity contribution in [2.24, 2.45) is 18.7 Å². The number of piperidine rings is 1. The zero-order valence-corrected chi connectivity index (χ0v) is 20.1. The van der Waals surface area contributed by atoms with E-state index in [9.17, 15) is 18.8 Å². The summed E-state index contributed by atoms with van der Waals surface area (Å²) in [7, 11) is 1.64. The first-order chi connectivity index (χ1) is 17.3. The van der Waals surface area contributed by atoms with E-state index < -0.39 is 18.2 Å². The zero-order valence-electron chi connectivity index (χ0n) is 20.1. The minimum absolute atomic E-state index is 0.0876. The second-order valence-corrected chi connectivity index (χ2v) is 8.92. The molecule has 3 aromatic rings. The number of hydrogen-bond donors (Lipinski definition) is 2. The van der Waals surface area contributed by atoms with Gasteiger partial charge in [-0.1, -0.05) is 12.1 Å². The maximum absolute atomic E-state index is 13.1. The number of halogens is 1. The molecular formula is C25H30FN5O5. The zero-order chi connectivity index (χ0) is 25.7. The summed E-state index contributed by atoms with van der Waals surface area (Å²) < 4.78 is 26.5. The van der Waals surface area contributed by atoms with Crippen molar-refractivity contribution in [2.45, 2.75) is 18.9 Å². The lowest BCUT2D eigenvalue weighted by atomic mass is 9.96. The molecule has 0 saturated carbocycles. The molecule has 1 unspecified atom stereocenters. The number of nitrogens with zero attached hydrogens (tertiary/aromatic N) is 3. The van der Waals surface area contributed by atoms with Crippen molar-refractivity contribution in [1.82, 2.24) is 19.4 Å². The number of carbonyl (C=O) groups excluding carboxylic acids is 2. The summed E-state index contributed by atoms with van der Waals surface area (Å²) in [4.78, 5) is 38.8. The van der Waals surface area contributed by atoms with Crippen LogP contribution in [0.5, 0.6) is 5.75 Å². The van der Waals surface area contributed by atoms with Gasteiger partial charge in [0.25, 0.3) is 0 Å². The Morgan fingerprint density at radius 1 is 1.11 bits per heavy atom. The predicted molar refractivity (Wildman–Crippen MR) is 131 cm³/mol. The Morgan fingerprint density at radius 2 is 1.78 bits per heavy atom. The van der Waals surface area contributed by atoms with Crippen molar-refractivity contribution < 1.29 is 23.5 Å². The molecule has 1 aliphatic heterocycles. The largest absolute Gasteiger partial charge is 0.490 e. The molecule has 1 fully saturated rings. The SMILES string of the molecule is Cn1c(=O)n(C(=O)NCC2CCN(CC(COc3ccc(F)cc3)OC(N)=O)CC2)c2ccccc21. The number of amides is 2. The fourth-order valence-corrected chi connectivity index (χ4v) is 4.47. The monoisotopic (exact) mass is 499 g/mol. The molecule has 2 amide bonds. The number of rotatable bonds is 8. The minimum Gasteiger partial charge on any atom is -0.490 e. The Bertz CT molecular complexity index is 1260. The van der Waals surface area contributed by atoms with E-state index in [-0.39, 0.29) is 24.0 Å². The van der Waals surface area contributed by atoms with Gasteiger partial charge in [-0.05, 0) is 68.2 Å². The van der Waals surface area contributed by atoms with Crippen LogP contribution in [0.1, 0.15) is 12.8 Å². The van der Waals surface area contributed by atoms with E-state index in [2.05, 4.69) is 10.2 Å². The van der Waals surface area contributed by atoms with E-state index in [1.165, 1.54) is 28.8 Å². The Hall–Kier alpha value is -3.86. The molecule has 11 heteroatoms. The third kappa shape index (κ3) is 6.03. The normalized spacial score (nSPS) is 15.5. The molecular weight excluding hydrogens is 469 g/mol. The minimum atomic E-state index is -0.885. The number of aryl methyl sites for hydroxylation is 1. The lowest BCUT2D eigenvalue weighted by Gasteiger charge is -2.33. The number of likely N-dealkylation sites (tertiary alicyclic amines) is 1. The lowest BCUT2D eigenvalue weighted by molar-refractivity contribution is 0.0368. The Morgan fingerprint density at radius 3 is 2.44 bits per heavy atom. The number of para-hydroxylation sites is 2. The Labute approximate surface area is 207 Å². The summed E-state index contributed by atoms with van der Waals surface area (Å²) in [5.41, 5.74) is 6.11. The van der Waals surface area contributed by atoms with Crippen LogP contribution in [0.2, 0.25) is 0 Å². The Balaban J connectivity index is 1.26. The van der Waals surface area contributed by atoms with Crippen LogP contribution in [0.3, 0.4) is 0 Å². The number of aromatic nitrogens is 2. The summed E-state index contributed by atoms with van der Waals surface area (Å²) >= 11 is 0. The fourth-order valence-electron chi connectivity index (χ4n) is 4.47. The fraction of sp³-hybridized carbons (Fsp3) is 0.400. The van der Waals surface area contributed by atoms with Gasteiger partial charge in [0.2, 0.25) is 0 Å². The van der Waals surface area contributed by atoms with Gasteiger partial charge in [0, 0.05) is 20.1 Å². The molecule has 1 atom stereocenters. The van der Waals surface area contributed by atoms with Crippen LogP contribution >= 0.6 is 0 Å². The highest BCUT2D eigenvalue weighted by molar-refractivity contribution is 5.89. The summed E-state index contributed by atoms with van der Waals surface area (Å²) in [5.74, 6) is 0.353. The van der Waals surface area contributed by atoms with Crippen LogP contribution in [0.15, 0.2) is 53.3 Å². The number of primary amides is 1. The predicted octanol–water partition coefficient (Wildman–Crippen LogP) is 2.29. The second kappa shape index (κ2) is 11.3. The van der Waals surface area contributed by atoms with Crippen molar-refractivity contribution in [3.05, 3.63) is 64.8 Å². The van der Waals surface area contributed by atoms with E-state index in [0.29, 0.717) is 29.9 Å². The number of benzene rings is 2. The van der Waals surface area contributed by atoms with Gasteiger partial charge < -0.3 is 20.5 Å². The van der Waals surface area contributed by atoms with Crippen molar-refractivity contribution in [3.8, 4) is 5.75 Å². The van der Waals surface area contributed by atoms with E-state index in [1.54, 1.807) is 25.2 Å². The average Bonchev–Trinajstić information content (AvgIpc) is 3.12. The molecule has 192 valence electrons. The molecule has 1 aliphatic rings. The van der Waals surface area contributed by atoms with Crippen LogP contribution in [0.25, 0.3) is 11.0 Å². The van der Waals surface area contributed by atoms with Crippen molar-refractivity contribution >= 4 is 23.2 Å². The molecule has 36 heavy (non-hydrogen) atoms. The molecule has 10 nitrogen and oxygen atoms in total. The lowest BCUT2D eigenvalue weighted by Crippen LogP contribution is -2.45. The van der Waals surface area contributed by atoms with Gasteiger partial charge in [-0.3, -0.25) is 9.47 Å². The molecule has 2 heterocycles. The molecule has 4 rings (SSSR count). The van der Waals surface area contributed by atoms with E-state index in [4.69, 9.17) is 15.2 Å². The maximum atomic E-state index is 13.1. The second-order valence-electron chi connectivity index (χ2n) is 8.92. The topological polar surface area (TPSA) is 121 Å². The molecule has 3 N–H and O–H groups in total. The number of imidazole rings is 1. The first-order valence-electron chi connectivity index (χ1n) is 11.8. The first kappa shape index (κ1) is 25.2. The van der Waals surface area contributed by atoms with Gasteiger partial charge in [0.15, 0.2) is 6.10 Å². The van der Waals surface area contributed by atoms with Gasteiger partial charge in [-0.25, -0.2) is 23.3 Å². The van der Waals surface area contributed by atoms with Crippen LogP contribution in [-0.4, -0.2) is 65.0 Å². The summed E-state index contributed by atoms with van der Waals surface area (Å²) in [6.45, 7) is 2.46. The highest BCUT2D eigenvalue weighted by Crippen LogP contribution is 2.18. The van der Waals surface area contributed by atoms with Crippen LogP contribution < -0.4 is 21.5 Å².